The number of nitrogens with two attached hydrogens (primary N) is 1. The number of pyridine rings is 1. The number of amides is 2. The average molecular weight is 474 g/mol. The molecular weight excluding hydrogens is 465 g/mol. The monoisotopic (exact) mass is 473 g/mol. The van der Waals surface area contributed by atoms with Crippen LogP contribution in [0.5, 0.6) is 0 Å². The summed E-state index contributed by atoms with van der Waals surface area (Å²) in [5.74, 6) is -2.40. The molecule has 0 spiro atoms. The minimum Gasteiger partial charge on any atom is -0.465 e. The summed E-state index contributed by atoms with van der Waals surface area (Å²) in [6, 6.07) is 3.85. The second-order valence-electron chi connectivity index (χ2n) is 5.05. The Kier molecular flexibility index (Phi) is 4.29. The van der Waals surface area contributed by atoms with E-state index in [1.54, 1.807) is 0 Å². The lowest BCUT2D eigenvalue weighted by molar-refractivity contribution is 0.0600. The molecule has 0 atom stereocenters. The van der Waals surface area contributed by atoms with Gasteiger partial charge in [0.25, 0.3) is 17.4 Å². The molecule has 3 N–H and O–H groups in total. The van der Waals surface area contributed by atoms with Gasteiger partial charge in [0.1, 0.15) is 5.82 Å². The molecule has 2 amide bonds. The standard InChI is InChI=1S/C15H9ClIN3O5/c1-25-15(24)7-2-5(16)3-8(17)11(7)20-9(21)4-6-10(12(20)18)14(23)19-13(6)22/h2-4H,18H2,1H3,(H,19,22,23). The summed E-state index contributed by atoms with van der Waals surface area (Å²) in [5, 5.41) is 2.34. The molecule has 25 heavy (non-hydrogen) atoms. The van der Waals surface area contributed by atoms with E-state index in [1.165, 1.54) is 19.2 Å². The van der Waals surface area contributed by atoms with Gasteiger partial charge in [0.2, 0.25) is 0 Å². The van der Waals surface area contributed by atoms with Crippen molar-refractivity contribution in [3.05, 3.63) is 53.8 Å². The van der Waals surface area contributed by atoms with Crippen LogP contribution in [0, 0.1) is 3.57 Å². The predicted octanol–water partition coefficient (Wildman–Crippen LogP) is 1.35. The summed E-state index contributed by atoms with van der Waals surface area (Å²) >= 11 is 7.87. The molecule has 0 fully saturated rings. The number of nitrogens with zero attached hydrogens (tertiary/aromatic N) is 1. The number of rotatable bonds is 2. The van der Waals surface area contributed by atoms with Crippen molar-refractivity contribution in [3.63, 3.8) is 0 Å². The van der Waals surface area contributed by atoms with Crippen LogP contribution in [-0.4, -0.2) is 29.5 Å². The first kappa shape index (κ1) is 17.4. The highest BCUT2D eigenvalue weighted by molar-refractivity contribution is 14.1. The molecule has 3 rings (SSSR count). The van der Waals surface area contributed by atoms with Gasteiger partial charge in [-0.3, -0.25) is 24.3 Å². The number of esters is 1. The molecule has 1 aliphatic rings. The Labute approximate surface area is 159 Å². The van der Waals surface area contributed by atoms with Crippen LogP contribution in [0.25, 0.3) is 5.69 Å². The summed E-state index contributed by atoms with van der Waals surface area (Å²) in [6.45, 7) is 0. The van der Waals surface area contributed by atoms with E-state index in [9.17, 15) is 19.2 Å². The third-order valence-electron chi connectivity index (χ3n) is 3.61. The average Bonchev–Trinajstić information content (AvgIpc) is 2.82. The number of fused-ring (bicyclic) bond motifs is 1. The Hall–Kier alpha value is -2.40. The Morgan fingerprint density at radius 2 is 1.92 bits per heavy atom. The van der Waals surface area contributed by atoms with Crippen LogP contribution in [0.1, 0.15) is 31.1 Å². The van der Waals surface area contributed by atoms with E-state index < -0.39 is 23.3 Å². The van der Waals surface area contributed by atoms with Crippen LogP contribution in [0.3, 0.4) is 0 Å². The van der Waals surface area contributed by atoms with E-state index in [0.29, 0.717) is 3.57 Å². The van der Waals surface area contributed by atoms with Gasteiger partial charge in [-0.05, 0) is 34.7 Å². The van der Waals surface area contributed by atoms with Gasteiger partial charge < -0.3 is 10.5 Å². The molecule has 0 radical (unpaired) electrons. The molecule has 0 aliphatic carbocycles. The number of nitrogen functional groups attached to an aromatic ring is 1. The Morgan fingerprint density at radius 3 is 2.56 bits per heavy atom. The van der Waals surface area contributed by atoms with E-state index in [1.807, 2.05) is 22.6 Å². The first-order valence-electron chi connectivity index (χ1n) is 6.75. The zero-order chi connectivity index (χ0) is 18.5. The van der Waals surface area contributed by atoms with Gasteiger partial charge in [0, 0.05) is 14.7 Å². The summed E-state index contributed by atoms with van der Waals surface area (Å²) in [7, 11) is 1.18. The van der Waals surface area contributed by atoms with Gasteiger partial charge in [-0.15, -0.1) is 0 Å². The molecule has 8 nitrogen and oxygen atoms in total. The van der Waals surface area contributed by atoms with Gasteiger partial charge in [-0.25, -0.2) is 4.79 Å². The third-order valence-corrected chi connectivity index (χ3v) is 4.65. The largest absolute Gasteiger partial charge is 0.465 e. The molecule has 2 heterocycles. The molecule has 0 unspecified atom stereocenters. The quantitative estimate of drug-likeness (QED) is 0.386. The highest BCUT2D eigenvalue weighted by Crippen LogP contribution is 2.30. The van der Waals surface area contributed by atoms with Crippen molar-refractivity contribution < 1.29 is 19.1 Å². The topological polar surface area (TPSA) is 120 Å². The van der Waals surface area contributed by atoms with Gasteiger partial charge in [-0.2, -0.15) is 0 Å². The normalized spacial score (nSPS) is 12.8. The number of halogens is 2. The second kappa shape index (κ2) is 6.15. The molecule has 2 aromatic rings. The number of carbonyl (C=O) groups is 3. The van der Waals surface area contributed by atoms with Crippen molar-refractivity contribution in [1.82, 2.24) is 9.88 Å². The molecule has 0 saturated heterocycles. The maximum atomic E-state index is 12.6. The summed E-state index contributed by atoms with van der Waals surface area (Å²) in [5.41, 5.74) is 5.22. The maximum Gasteiger partial charge on any atom is 0.340 e. The van der Waals surface area contributed by atoms with Crippen LogP contribution in [-0.2, 0) is 4.74 Å². The summed E-state index contributed by atoms with van der Waals surface area (Å²) in [4.78, 5) is 48.4. The first-order chi connectivity index (χ1) is 11.8. The fourth-order valence-electron chi connectivity index (χ4n) is 2.57. The number of aromatic nitrogens is 1. The smallest absolute Gasteiger partial charge is 0.340 e. The molecule has 10 heteroatoms. The highest BCUT2D eigenvalue weighted by Gasteiger charge is 2.33. The number of anilines is 1. The first-order valence-corrected chi connectivity index (χ1v) is 8.21. The molecule has 128 valence electrons. The van der Waals surface area contributed by atoms with Gasteiger partial charge >= 0.3 is 5.97 Å². The van der Waals surface area contributed by atoms with Crippen molar-refractivity contribution in [1.29, 1.82) is 0 Å². The number of benzene rings is 1. The van der Waals surface area contributed by atoms with Crippen molar-refractivity contribution in [2.75, 3.05) is 12.8 Å². The number of hydrogen-bond acceptors (Lipinski definition) is 6. The molecule has 1 aromatic heterocycles. The minimum absolute atomic E-state index is 0.00196. The van der Waals surface area contributed by atoms with E-state index in [0.717, 1.165) is 10.6 Å². The highest BCUT2D eigenvalue weighted by atomic mass is 127. The van der Waals surface area contributed by atoms with E-state index in [-0.39, 0.29) is 33.2 Å². The van der Waals surface area contributed by atoms with Gasteiger partial charge in [0.05, 0.1) is 29.5 Å². The van der Waals surface area contributed by atoms with Crippen molar-refractivity contribution in [2.45, 2.75) is 0 Å². The maximum absolute atomic E-state index is 12.6. The number of imide groups is 1. The number of hydrogen-bond donors (Lipinski definition) is 2. The minimum atomic E-state index is -0.734. The van der Waals surface area contributed by atoms with Crippen LogP contribution in [0.4, 0.5) is 5.82 Å². The van der Waals surface area contributed by atoms with Crippen LogP contribution in [0.15, 0.2) is 23.0 Å². The van der Waals surface area contributed by atoms with Gasteiger partial charge in [0.15, 0.2) is 0 Å². The Bertz CT molecular complexity index is 1030. The van der Waals surface area contributed by atoms with E-state index in [4.69, 9.17) is 22.1 Å². The predicted molar refractivity (Wildman–Crippen MR) is 97.3 cm³/mol. The molecule has 0 saturated carbocycles. The van der Waals surface area contributed by atoms with Gasteiger partial charge in [-0.1, -0.05) is 11.6 Å². The molecule has 1 aliphatic heterocycles. The lowest BCUT2D eigenvalue weighted by Gasteiger charge is -2.16. The van der Waals surface area contributed by atoms with Crippen LogP contribution >= 0.6 is 34.2 Å². The molecular formula is C15H9ClIN3O5. The van der Waals surface area contributed by atoms with Crippen molar-refractivity contribution in [3.8, 4) is 5.69 Å². The molecule has 0 bridgehead atoms. The molecule has 1 aromatic carbocycles. The number of carbonyl (C=O) groups excluding carboxylic acids is 3. The fourth-order valence-corrected chi connectivity index (χ4v) is 3.84. The number of methoxy groups -OCH3 is 1. The summed E-state index contributed by atoms with van der Waals surface area (Å²) in [6.07, 6.45) is 0. The zero-order valence-electron chi connectivity index (χ0n) is 12.6. The lowest BCUT2D eigenvalue weighted by Crippen LogP contribution is -2.26. The number of nitrogens with one attached hydrogen (secondary N) is 1. The van der Waals surface area contributed by atoms with E-state index in [2.05, 4.69) is 5.32 Å². The lowest BCUT2D eigenvalue weighted by atomic mass is 10.1. The third kappa shape index (κ3) is 2.68. The SMILES string of the molecule is COC(=O)c1cc(Cl)cc(I)c1-n1c(N)c2c(cc1=O)C(=O)NC2=O. The number of ether oxygens (including phenoxy) is 1. The summed E-state index contributed by atoms with van der Waals surface area (Å²) < 4.78 is 6.15. The zero-order valence-corrected chi connectivity index (χ0v) is 15.5. The Balaban J connectivity index is 2.42. The Morgan fingerprint density at radius 1 is 1.24 bits per heavy atom. The van der Waals surface area contributed by atoms with Crippen LogP contribution in [0.2, 0.25) is 5.02 Å². The fraction of sp³-hybridized carbons (Fsp3) is 0.0667. The second-order valence-corrected chi connectivity index (χ2v) is 6.65. The van der Waals surface area contributed by atoms with E-state index >= 15 is 0 Å². The van der Waals surface area contributed by atoms with Crippen molar-refractivity contribution >= 4 is 57.8 Å². The van der Waals surface area contributed by atoms with Crippen molar-refractivity contribution in [2.24, 2.45) is 0 Å². The van der Waals surface area contributed by atoms with Crippen LogP contribution < -0.4 is 16.6 Å².